The summed E-state index contributed by atoms with van der Waals surface area (Å²) in [5.41, 5.74) is 3.30. The molecular weight excluding hydrogens is 420 g/mol. The molecule has 0 radical (unpaired) electrons. The summed E-state index contributed by atoms with van der Waals surface area (Å²) in [6.45, 7) is 1.98. The number of aromatic nitrogens is 2. The Kier molecular flexibility index (Phi) is 5.73. The summed E-state index contributed by atoms with van der Waals surface area (Å²) in [4.78, 5) is 24.3. The van der Waals surface area contributed by atoms with Crippen LogP contribution in [0.4, 0.5) is 11.5 Å². The second kappa shape index (κ2) is 8.97. The van der Waals surface area contributed by atoms with Crippen LogP contribution in [0.5, 0.6) is 0 Å². The topological polar surface area (TPSA) is 58.1 Å². The molecule has 0 unspecified atom stereocenters. The molecule has 4 aromatic rings. The third-order valence-corrected chi connectivity index (χ3v) is 6.21. The quantitative estimate of drug-likeness (QED) is 0.408. The zero-order valence-corrected chi connectivity index (χ0v) is 18.3. The highest BCUT2D eigenvalue weighted by molar-refractivity contribution is 6.30. The Morgan fingerprint density at radius 3 is 2.38 bits per heavy atom. The molecule has 0 saturated carbocycles. The number of carbonyl (C=O) groups is 1. The molecule has 1 aliphatic heterocycles. The number of halogens is 1. The minimum atomic E-state index is -0.0467. The lowest BCUT2D eigenvalue weighted by Crippen LogP contribution is -2.39. The van der Waals surface area contributed by atoms with E-state index >= 15 is 0 Å². The Hall–Kier alpha value is -3.44. The fourth-order valence-corrected chi connectivity index (χ4v) is 4.32. The van der Waals surface area contributed by atoms with E-state index < -0.39 is 0 Å². The number of ketones is 1. The van der Waals surface area contributed by atoms with Gasteiger partial charge in [0.25, 0.3) is 0 Å². The molecule has 160 valence electrons. The van der Waals surface area contributed by atoms with Gasteiger partial charge in [0.15, 0.2) is 5.78 Å². The summed E-state index contributed by atoms with van der Waals surface area (Å²) in [5, 5.41) is 5.07. The van der Waals surface area contributed by atoms with Crippen molar-refractivity contribution in [1.82, 2.24) is 9.97 Å². The van der Waals surface area contributed by atoms with Gasteiger partial charge in [-0.3, -0.25) is 4.79 Å². The van der Waals surface area contributed by atoms with Crippen molar-refractivity contribution in [1.29, 1.82) is 0 Å². The van der Waals surface area contributed by atoms with Gasteiger partial charge in [-0.25, -0.2) is 9.97 Å². The highest BCUT2D eigenvalue weighted by Gasteiger charge is 2.21. The zero-order valence-electron chi connectivity index (χ0n) is 17.5. The van der Waals surface area contributed by atoms with Crippen molar-refractivity contribution in [3.63, 3.8) is 0 Å². The van der Waals surface area contributed by atoms with Gasteiger partial charge in [0.05, 0.1) is 5.52 Å². The Labute approximate surface area is 192 Å². The van der Waals surface area contributed by atoms with Gasteiger partial charge < -0.3 is 10.2 Å². The van der Waals surface area contributed by atoms with Crippen LogP contribution in [-0.2, 0) is 0 Å². The van der Waals surface area contributed by atoms with E-state index in [-0.39, 0.29) is 5.78 Å². The summed E-state index contributed by atoms with van der Waals surface area (Å²) in [7, 11) is 0. The number of para-hydroxylation sites is 1. The van der Waals surface area contributed by atoms with Gasteiger partial charge in [-0.1, -0.05) is 29.8 Å². The molecule has 0 atom stereocenters. The first-order valence-corrected chi connectivity index (χ1v) is 11.2. The minimum absolute atomic E-state index is 0.0467. The summed E-state index contributed by atoms with van der Waals surface area (Å²) in [5.74, 6) is 0.730. The van der Waals surface area contributed by atoms with Crippen LogP contribution in [0.1, 0.15) is 28.8 Å². The molecule has 0 aliphatic carbocycles. The molecule has 6 heteroatoms. The number of benzene rings is 3. The maximum atomic E-state index is 13.0. The van der Waals surface area contributed by atoms with Gasteiger partial charge in [0.1, 0.15) is 12.1 Å². The van der Waals surface area contributed by atoms with E-state index in [2.05, 4.69) is 44.5 Å². The molecule has 1 N–H and O–H groups in total. The van der Waals surface area contributed by atoms with Gasteiger partial charge >= 0.3 is 0 Å². The Morgan fingerprint density at radius 2 is 1.62 bits per heavy atom. The highest BCUT2D eigenvalue weighted by Crippen LogP contribution is 2.26. The standard InChI is InChI=1S/C26H23ClN4O/c27-20-9-6-18(7-10-20)25(32)19-8-11-24-23(16-19)26(29-17-28-24)30-21-12-14-31(15-13-21)22-4-2-1-3-5-22/h1-11,16-17,21H,12-15H2,(H,28,29,30). The van der Waals surface area contributed by atoms with Crippen LogP contribution >= 0.6 is 11.6 Å². The summed E-state index contributed by atoms with van der Waals surface area (Å²) in [6, 6.07) is 23.4. The highest BCUT2D eigenvalue weighted by atomic mass is 35.5. The third-order valence-electron chi connectivity index (χ3n) is 5.96. The molecular formula is C26H23ClN4O. The first-order valence-electron chi connectivity index (χ1n) is 10.8. The summed E-state index contributed by atoms with van der Waals surface area (Å²) in [6.07, 6.45) is 3.61. The number of hydrogen-bond donors (Lipinski definition) is 1. The van der Waals surface area contributed by atoms with Crippen LogP contribution in [0.2, 0.25) is 5.02 Å². The number of carbonyl (C=O) groups excluding carboxylic acids is 1. The van der Waals surface area contributed by atoms with E-state index in [1.807, 2.05) is 24.3 Å². The summed E-state index contributed by atoms with van der Waals surface area (Å²) >= 11 is 5.96. The first-order chi connectivity index (χ1) is 15.7. The van der Waals surface area contributed by atoms with Gasteiger partial charge in [-0.15, -0.1) is 0 Å². The van der Waals surface area contributed by atoms with E-state index in [9.17, 15) is 4.79 Å². The molecule has 32 heavy (non-hydrogen) atoms. The number of fused-ring (bicyclic) bond motifs is 1. The number of rotatable bonds is 5. The molecule has 0 bridgehead atoms. The number of nitrogens with zero attached hydrogens (tertiary/aromatic N) is 3. The second-order valence-corrected chi connectivity index (χ2v) is 8.47. The van der Waals surface area contributed by atoms with Crippen LogP contribution in [0, 0.1) is 0 Å². The average molecular weight is 443 g/mol. The first kappa shape index (κ1) is 20.5. The van der Waals surface area contributed by atoms with Crippen molar-refractivity contribution < 1.29 is 4.79 Å². The van der Waals surface area contributed by atoms with Crippen LogP contribution in [0.3, 0.4) is 0 Å². The van der Waals surface area contributed by atoms with Crippen LogP contribution in [0.25, 0.3) is 10.9 Å². The van der Waals surface area contributed by atoms with E-state index in [0.29, 0.717) is 22.2 Å². The fourth-order valence-electron chi connectivity index (χ4n) is 4.20. The van der Waals surface area contributed by atoms with Crippen molar-refractivity contribution in [3.8, 4) is 0 Å². The zero-order chi connectivity index (χ0) is 21.9. The monoisotopic (exact) mass is 442 g/mol. The second-order valence-electron chi connectivity index (χ2n) is 8.03. The Morgan fingerprint density at radius 1 is 0.906 bits per heavy atom. The van der Waals surface area contributed by atoms with Crippen LogP contribution in [-0.4, -0.2) is 34.9 Å². The average Bonchev–Trinajstić information content (AvgIpc) is 2.85. The van der Waals surface area contributed by atoms with Crippen molar-refractivity contribution in [2.24, 2.45) is 0 Å². The van der Waals surface area contributed by atoms with E-state index in [4.69, 9.17) is 11.6 Å². The van der Waals surface area contributed by atoms with E-state index in [1.165, 1.54) is 5.69 Å². The molecule has 0 amide bonds. The lowest BCUT2D eigenvalue weighted by Gasteiger charge is -2.34. The number of nitrogens with one attached hydrogen (secondary N) is 1. The van der Waals surface area contributed by atoms with E-state index in [1.54, 1.807) is 30.6 Å². The van der Waals surface area contributed by atoms with E-state index in [0.717, 1.165) is 42.7 Å². The lowest BCUT2D eigenvalue weighted by atomic mass is 10.0. The molecule has 0 spiro atoms. The maximum Gasteiger partial charge on any atom is 0.193 e. The van der Waals surface area contributed by atoms with Crippen LogP contribution < -0.4 is 10.2 Å². The predicted octanol–water partition coefficient (Wildman–Crippen LogP) is 5.60. The van der Waals surface area contributed by atoms with Crippen LogP contribution in [0.15, 0.2) is 79.1 Å². The largest absolute Gasteiger partial charge is 0.371 e. The molecule has 3 aromatic carbocycles. The SMILES string of the molecule is O=C(c1ccc(Cl)cc1)c1ccc2ncnc(NC3CCN(c4ccccc4)CC3)c2c1. The lowest BCUT2D eigenvalue weighted by molar-refractivity contribution is 0.103. The Balaban J connectivity index is 1.35. The van der Waals surface area contributed by atoms with Crippen molar-refractivity contribution in [2.45, 2.75) is 18.9 Å². The molecule has 1 aliphatic rings. The van der Waals surface area contributed by atoms with Crippen molar-refractivity contribution in [3.05, 3.63) is 95.3 Å². The molecule has 1 saturated heterocycles. The van der Waals surface area contributed by atoms with Gasteiger partial charge in [-0.05, 0) is 67.4 Å². The fraction of sp³-hybridized carbons (Fsp3) is 0.192. The van der Waals surface area contributed by atoms with Crippen molar-refractivity contribution >= 4 is 39.8 Å². The number of piperidine rings is 1. The predicted molar refractivity (Wildman–Crippen MR) is 130 cm³/mol. The molecule has 5 nitrogen and oxygen atoms in total. The summed E-state index contributed by atoms with van der Waals surface area (Å²) < 4.78 is 0. The van der Waals surface area contributed by atoms with Gasteiger partial charge in [-0.2, -0.15) is 0 Å². The molecule has 5 rings (SSSR count). The number of anilines is 2. The normalized spacial score (nSPS) is 14.5. The minimum Gasteiger partial charge on any atom is -0.371 e. The van der Waals surface area contributed by atoms with Gasteiger partial charge in [0, 0.05) is 46.4 Å². The Bertz CT molecular complexity index is 1240. The third kappa shape index (κ3) is 4.30. The van der Waals surface area contributed by atoms with Crippen molar-refractivity contribution in [2.75, 3.05) is 23.3 Å². The maximum absolute atomic E-state index is 13.0. The molecule has 2 heterocycles. The van der Waals surface area contributed by atoms with Gasteiger partial charge in [0.2, 0.25) is 0 Å². The smallest absolute Gasteiger partial charge is 0.193 e. The molecule has 1 fully saturated rings. The molecule has 1 aromatic heterocycles. The number of hydrogen-bond acceptors (Lipinski definition) is 5.